The van der Waals surface area contributed by atoms with Crippen LogP contribution in [-0.4, -0.2) is 10.2 Å². The highest BCUT2D eigenvalue weighted by Crippen LogP contribution is 2.43. The highest BCUT2D eigenvalue weighted by Gasteiger charge is 2.34. The summed E-state index contributed by atoms with van der Waals surface area (Å²) in [6, 6.07) is 22.2. The maximum absolute atomic E-state index is 9.64. The number of allylic oxidation sites excluding steroid dienone is 1. The summed E-state index contributed by atoms with van der Waals surface area (Å²) >= 11 is 0. The van der Waals surface area contributed by atoms with E-state index in [1.165, 1.54) is 0 Å². The van der Waals surface area contributed by atoms with Crippen molar-refractivity contribution in [3.05, 3.63) is 83.2 Å². The van der Waals surface area contributed by atoms with Crippen LogP contribution in [0.4, 0.5) is 0 Å². The van der Waals surface area contributed by atoms with Crippen LogP contribution in [0.15, 0.2) is 72.1 Å². The predicted octanol–water partition coefficient (Wildman–Crippen LogP) is 3.49. The zero-order valence-corrected chi connectivity index (χ0v) is 13.4. The molecule has 122 valence electrons. The topological polar surface area (TPSA) is 87.7 Å². The molecule has 0 fully saturated rings. The molecule has 1 unspecified atom stereocenters. The van der Waals surface area contributed by atoms with E-state index in [0.717, 1.165) is 22.4 Å². The van der Waals surface area contributed by atoms with Crippen LogP contribution in [-0.2, 0) is 6.42 Å². The largest absolute Gasteiger partial charge is 0.420 e. The second-order valence-electron chi connectivity index (χ2n) is 5.92. The second-order valence-corrected chi connectivity index (χ2v) is 5.92. The van der Waals surface area contributed by atoms with Crippen LogP contribution in [0.2, 0.25) is 0 Å². The molecule has 0 saturated heterocycles. The van der Waals surface area contributed by atoms with Gasteiger partial charge in [0.05, 0.1) is 16.8 Å². The maximum atomic E-state index is 9.64. The van der Waals surface area contributed by atoms with Gasteiger partial charge in [-0.05, 0) is 17.5 Å². The van der Waals surface area contributed by atoms with Crippen LogP contribution in [0, 0.1) is 11.3 Å². The molecule has 1 aliphatic rings. The van der Waals surface area contributed by atoms with Crippen LogP contribution in [0.25, 0.3) is 11.3 Å². The lowest BCUT2D eigenvalue weighted by Crippen LogP contribution is -2.21. The number of nitrogens with two attached hydrogens (primary N) is 1. The first-order valence-electron chi connectivity index (χ1n) is 8.03. The first kappa shape index (κ1) is 15.0. The molecule has 25 heavy (non-hydrogen) atoms. The number of aromatic amines is 1. The number of ether oxygens (including phenoxy) is 1. The van der Waals surface area contributed by atoms with Gasteiger partial charge in [0.15, 0.2) is 0 Å². The molecule has 0 aliphatic carbocycles. The fraction of sp³-hybridized carbons (Fsp3) is 0.100. The van der Waals surface area contributed by atoms with E-state index >= 15 is 0 Å². The molecule has 2 heterocycles. The van der Waals surface area contributed by atoms with Crippen LogP contribution in [0.3, 0.4) is 0 Å². The van der Waals surface area contributed by atoms with Crippen LogP contribution in [0.5, 0.6) is 5.88 Å². The molecule has 1 atom stereocenters. The Morgan fingerprint density at radius 3 is 2.44 bits per heavy atom. The van der Waals surface area contributed by atoms with E-state index < -0.39 is 0 Å². The van der Waals surface area contributed by atoms with E-state index in [9.17, 15) is 5.26 Å². The van der Waals surface area contributed by atoms with E-state index in [4.69, 9.17) is 10.5 Å². The molecule has 3 aromatic rings. The lowest BCUT2D eigenvalue weighted by molar-refractivity contribution is 0.374. The zero-order chi connectivity index (χ0) is 17.2. The Morgan fingerprint density at radius 1 is 1.08 bits per heavy atom. The summed E-state index contributed by atoms with van der Waals surface area (Å²) in [5.74, 6) is 0.364. The van der Waals surface area contributed by atoms with Crippen molar-refractivity contribution in [1.29, 1.82) is 5.26 Å². The number of hydrogen-bond acceptors (Lipinski definition) is 4. The van der Waals surface area contributed by atoms with Gasteiger partial charge in [0, 0.05) is 5.92 Å². The molecule has 5 nitrogen and oxygen atoms in total. The first-order chi connectivity index (χ1) is 12.3. The van der Waals surface area contributed by atoms with Crippen molar-refractivity contribution >= 4 is 0 Å². The average Bonchev–Trinajstić information content (AvgIpc) is 3.07. The molecular weight excluding hydrogens is 312 g/mol. The third kappa shape index (κ3) is 2.64. The Hall–Kier alpha value is -3.52. The van der Waals surface area contributed by atoms with E-state index in [1.807, 2.05) is 60.7 Å². The van der Waals surface area contributed by atoms with Gasteiger partial charge in [-0.2, -0.15) is 5.26 Å². The molecule has 2 aromatic carbocycles. The number of fused-ring (bicyclic) bond motifs is 1. The number of rotatable bonds is 3. The first-order valence-corrected chi connectivity index (χ1v) is 8.03. The van der Waals surface area contributed by atoms with Crippen molar-refractivity contribution in [1.82, 2.24) is 10.2 Å². The number of nitrogens with one attached hydrogen (secondary N) is 1. The second kappa shape index (κ2) is 6.17. The van der Waals surface area contributed by atoms with Crippen molar-refractivity contribution in [3.8, 4) is 23.2 Å². The number of aromatic nitrogens is 2. The standard InChI is InChI=1S/C20H16N4O/c21-12-16-15(11-13-7-3-1-4-8-13)17-18(14-9-5-2-6-10-14)23-24-20(17)25-19(16)22/h1-10,15H,11,22H2,(H,23,24). The van der Waals surface area contributed by atoms with E-state index in [-0.39, 0.29) is 11.8 Å². The average molecular weight is 328 g/mol. The lowest BCUT2D eigenvalue weighted by Gasteiger charge is -2.23. The summed E-state index contributed by atoms with van der Waals surface area (Å²) in [6.07, 6.45) is 0.653. The zero-order valence-electron chi connectivity index (χ0n) is 13.4. The summed E-state index contributed by atoms with van der Waals surface area (Å²) in [4.78, 5) is 0. The summed E-state index contributed by atoms with van der Waals surface area (Å²) in [5.41, 5.74) is 10.3. The van der Waals surface area contributed by atoms with Gasteiger partial charge in [0.2, 0.25) is 11.8 Å². The highest BCUT2D eigenvalue weighted by atomic mass is 16.5. The monoisotopic (exact) mass is 328 g/mol. The quantitative estimate of drug-likeness (QED) is 0.770. The normalized spacial score (nSPS) is 16.0. The minimum atomic E-state index is -0.204. The van der Waals surface area contributed by atoms with Gasteiger partial charge < -0.3 is 10.5 Å². The van der Waals surface area contributed by atoms with Gasteiger partial charge in [-0.15, -0.1) is 5.10 Å². The molecule has 0 saturated carbocycles. The Morgan fingerprint density at radius 2 is 1.76 bits per heavy atom. The molecule has 5 heteroatoms. The molecule has 3 N–H and O–H groups in total. The maximum Gasteiger partial charge on any atom is 0.244 e. The molecule has 1 aliphatic heterocycles. The van der Waals surface area contributed by atoms with Gasteiger partial charge in [-0.25, -0.2) is 0 Å². The van der Waals surface area contributed by atoms with Gasteiger partial charge in [-0.1, -0.05) is 60.7 Å². The van der Waals surface area contributed by atoms with Gasteiger partial charge >= 0.3 is 0 Å². The van der Waals surface area contributed by atoms with Gasteiger partial charge in [-0.3, -0.25) is 5.10 Å². The van der Waals surface area contributed by atoms with Gasteiger partial charge in [0.1, 0.15) is 6.07 Å². The molecule has 0 radical (unpaired) electrons. The SMILES string of the molecule is N#CC1=C(N)Oc2n[nH]c(-c3ccccc3)c2C1Cc1ccccc1. The van der Waals surface area contributed by atoms with E-state index in [1.54, 1.807) is 0 Å². The minimum Gasteiger partial charge on any atom is -0.420 e. The smallest absolute Gasteiger partial charge is 0.244 e. The molecule has 1 aromatic heterocycles. The fourth-order valence-corrected chi connectivity index (χ4v) is 3.22. The predicted molar refractivity (Wildman–Crippen MR) is 94.4 cm³/mol. The third-order valence-electron chi connectivity index (χ3n) is 4.40. The Kier molecular flexibility index (Phi) is 3.71. The Balaban J connectivity index is 1.85. The fourth-order valence-electron chi connectivity index (χ4n) is 3.22. The van der Waals surface area contributed by atoms with E-state index in [0.29, 0.717) is 17.9 Å². The van der Waals surface area contributed by atoms with E-state index in [2.05, 4.69) is 16.3 Å². The summed E-state index contributed by atoms with van der Waals surface area (Å²) in [6.45, 7) is 0. The van der Waals surface area contributed by atoms with Crippen molar-refractivity contribution in [2.45, 2.75) is 12.3 Å². The molecule has 0 bridgehead atoms. The number of benzene rings is 2. The molecular formula is C20H16N4O. The molecule has 0 spiro atoms. The Bertz CT molecular complexity index is 968. The highest BCUT2D eigenvalue weighted by molar-refractivity contribution is 5.69. The molecule has 0 amide bonds. The number of hydrogen-bond donors (Lipinski definition) is 2. The van der Waals surface area contributed by atoms with Crippen molar-refractivity contribution in [3.63, 3.8) is 0 Å². The number of nitriles is 1. The lowest BCUT2D eigenvalue weighted by atomic mass is 9.84. The summed E-state index contributed by atoms with van der Waals surface area (Å²) < 4.78 is 5.60. The number of H-pyrrole nitrogens is 1. The minimum absolute atomic E-state index is 0.127. The van der Waals surface area contributed by atoms with Crippen molar-refractivity contribution in [2.24, 2.45) is 5.73 Å². The van der Waals surface area contributed by atoms with Gasteiger partial charge in [0.25, 0.3) is 0 Å². The third-order valence-corrected chi connectivity index (χ3v) is 4.40. The number of nitrogens with zero attached hydrogens (tertiary/aromatic N) is 2. The Labute approximate surface area is 145 Å². The van der Waals surface area contributed by atoms with Crippen molar-refractivity contribution in [2.75, 3.05) is 0 Å². The van der Waals surface area contributed by atoms with Crippen molar-refractivity contribution < 1.29 is 4.74 Å². The summed E-state index contributed by atoms with van der Waals surface area (Å²) in [7, 11) is 0. The summed E-state index contributed by atoms with van der Waals surface area (Å²) in [5, 5.41) is 17.0. The van der Waals surface area contributed by atoms with Crippen LogP contribution < -0.4 is 10.5 Å². The van der Waals surface area contributed by atoms with Crippen LogP contribution >= 0.6 is 0 Å². The van der Waals surface area contributed by atoms with Crippen LogP contribution in [0.1, 0.15) is 17.0 Å². The molecule has 4 rings (SSSR count).